The van der Waals surface area contributed by atoms with Crippen molar-refractivity contribution < 1.29 is 4.42 Å². The molecule has 0 unspecified atom stereocenters. The molecule has 1 N–H and O–H groups in total. The Labute approximate surface area is 93.7 Å². The summed E-state index contributed by atoms with van der Waals surface area (Å²) in [4.78, 5) is 8.76. The van der Waals surface area contributed by atoms with Crippen molar-refractivity contribution in [1.29, 1.82) is 0 Å². The third kappa shape index (κ3) is 1.72. The zero-order valence-corrected chi connectivity index (χ0v) is 8.94. The molecule has 0 aromatic carbocycles. The van der Waals surface area contributed by atoms with Gasteiger partial charge < -0.3 is 9.73 Å². The average molecular weight is 215 g/mol. The first-order valence-corrected chi connectivity index (χ1v) is 5.54. The van der Waals surface area contributed by atoms with Crippen LogP contribution in [0.4, 0.5) is 0 Å². The van der Waals surface area contributed by atoms with Crippen molar-refractivity contribution in [3.8, 4) is 11.6 Å². The van der Waals surface area contributed by atoms with Crippen LogP contribution in [-0.4, -0.2) is 23.1 Å². The van der Waals surface area contributed by atoms with Crippen molar-refractivity contribution in [3.63, 3.8) is 0 Å². The molecule has 0 saturated carbocycles. The van der Waals surface area contributed by atoms with Crippen molar-refractivity contribution in [2.75, 3.05) is 13.1 Å². The van der Waals surface area contributed by atoms with Gasteiger partial charge in [-0.05, 0) is 12.1 Å². The molecule has 3 rings (SSSR count). The Hall–Kier alpha value is -1.68. The first kappa shape index (κ1) is 9.54. The monoisotopic (exact) mass is 215 g/mol. The van der Waals surface area contributed by atoms with E-state index in [-0.39, 0.29) is 0 Å². The van der Waals surface area contributed by atoms with Crippen LogP contribution < -0.4 is 5.32 Å². The summed E-state index contributed by atoms with van der Waals surface area (Å²) < 4.78 is 5.76. The van der Waals surface area contributed by atoms with Gasteiger partial charge in [-0.2, -0.15) is 0 Å². The summed E-state index contributed by atoms with van der Waals surface area (Å²) in [6.45, 7) is 1.94. The van der Waals surface area contributed by atoms with Crippen molar-refractivity contribution in [3.05, 3.63) is 35.9 Å². The SMILES string of the molecule is c1ccc(-c2nc3c(o2)CCNCC3)nc1. The van der Waals surface area contributed by atoms with E-state index >= 15 is 0 Å². The Kier molecular flexibility index (Phi) is 2.42. The van der Waals surface area contributed by atoms with Gasteiger partial charge in [0.25, 0.3) is 0 Å². The molecular formula is C12H13N3O. The van der Waals surface area contributed by atoms with Crippen LogP contribution in [0.3, 0.4) is 0 Å². The van der Waals surface area contributed by atoms with Crippen LogP contribution >= 0.6 is 0 Å². The van der Waals surface area contributed by atoms with E-state index in [1.165, 1.54) is 0 Å². The molecule has 0 spiro atoms. The summed E-state index contributed by atoms with van der Waals surface area (Å²) in [6.07, 6.45) is 3.60. The van der Waals surface area contributed by atoms with Crippen LogP contribution in [0.2, 0.25) is 0 Å². The first-order valence-electron chi connectivity index (χ1n) is 5.54. The van der Waals surface area contributed by atoms with E-state index in [0.29, 0.717) is 5.89 Å². The summed E-state index contributed by atoms with van der Waals surface area (Å²) in [7, 11) is 0. The maximum absolute atomic E-state index is 5.76. The molecule has 0 bridgehead atoms. The molecular weight excluding hydrogens is 202 g/mol. The lowest BCUT2D eigenvalue weighted by Crippen LogP contribution is -2.16. The highest BCUT2D eigenvalue weighted by atomic mass is 16.4. The number of aromatic nitrogens is 2. The van der Waals surface area contributed by atoms with Gasteiger partial charge in [0.05, 0.1) is 5.69 Å². The number of hydrogen-bond acceptors (Lipinski definition) is 4. The van der Waals surface area contributed by atoms with E-state index in [1.807, 2.05) is 18.2 Å². The highest BCUT2D eigenvalue weighted by Crippen LogP contribution is 2.21. The topological polar surface area (TPSA) is 51.0 Å². The zero-order chi connectivity index (χ0) is 10.8. The minimum atomic E-state index is 0.646. The van der Waals surface area contributed by atoms with Crippen molar-refractivity contribution in [1.82, 2.24) is 15.3 Å². The first-order chi connectivity index (χ1) is 7.93. The molecule has 4 heteroatoms. The fraction of sp³-hybridized carbons (Fsp3) is 0.333. The largest absolute Gasteiger partial charge is 0.440 e. The Balaban J connectivity index is 1.98. The summed E-state index contributed by atoms with van der Waals surface area (Å²) >= 11 is 0. The zero-order valence-electron chi connectivity index (χ0n) is 8.94. The van der Waals surface area contributed by atoms with Gasteiger partial charge in [0, 0.05) is 32.1 Å². The number of nitrogens with one attached hydrogen (secondary N) is 1. The molecule has 0 saturated heterocycles. The molecule has 3 heterocycles. The van der Waals surface area contributed by atoms with Gasteiger partial charge in [-0.1, -0.05) is 6.07 Å². The Morgan fingerprint density at radius 1 is 1.19 bits per heavy atom. The quantitative estimate of drug-likeness (QED) is 0.781. The lowest BCUT2D eigenvalue weighted by Gasteiger charge is -1.96. The predicted molar refractivity (Wildman–Crippen MR) is 60.0 cm³/mol. The van der Waals surface area contributed by atoms with E-state index in [2.05, 4.69) is 15.3 Å². The number of oxazole rings is 1. The summed E-state index contributed by atoms with van der Waals surface area (Å²) in [5.41, 5.74) is 1.88. The standard InChI is InChI=1S/C12H13N3O/c1-2-6-14-10(3-1)12-15-9-4-7-13-8-5-11(9)16-12/h1-3,6,13H,4-5,7-8H2. The lowest BCUT2D eigenvalue weighted by atomic mass is 10.2. The second-order valence-electron chi connectivity index (χ2n) is 3.85. The fourth-order valence-electron chi connectivity index (χ4n) is 1.91. The number of rotatable bonds is 1. The third-order valence-corrected chi connectivity index (χ3v) is 2.73. The van der Waals surface area contributed by atoms with Crippen molar-refractivity contribution in [2.45, 2.75) is 12.8 Å². The number of fused-ring (bicyclic) bond motifs is 1. The second kappa shape index (κ2) is 4.06. The number of hydrogen-bond donors (Lipinski definition) is 1. The van der Waals surface area contributed by atoms with Gasteiger partial charge >= 0.3 is 0 Å². The molecule has 1 aliphatic rings. The Bertz CT molecular complexity index is 455. The highest BCUT2D eigenvalue weighted by molar-refractivity contribution is 5.47. The molecule has 16 heavy (non-hydrogen) atoms. The van der Waals surface area contributed by atoms with E-state index in [9.17, 15) is 0 Å². The van der Waals surface area contributed by atoms with E-state index in [1.54, 1.807) is 6.20 Å². The van der Waals surface area contributed by atoms with Crippen molar-refractivity contribution in [2.24, 2.45) is 0 Å². The average Bonchev–Trinajstić information content (AvgIpc) is 2.62. The maximum atomic E-state index is 5.76. The smallest absolute Gasteiger partial charge is 0.245 e. The Morgan fingerprint density at radius 3 is 3.00 bits per heavy atom. The molecule has 2 aromatic heterocycles. The minimum absolute atomic E-state index is 0.646. The van der Waals surface area contributed by atoms with Gasteiger partial charge in [0.1, 0.15) is 11.5 Å². The van der Waals surface area contributed by atoms with E-state index in [4.69, 9.17) is 4.42 Å². The minimum Gasteiger partial charge on any atom is -0.440 e. The van der Waals surface area contributed by atoms with Gasteiger partial charge in [0.2, 0.25) is 5.89 Å². The van der Waals surface area contributed by atoms with Crippen LogP contribution in [0, 0.1) is 0 Å². The van der Waals surface area contributed by atoms with Gasteiger partial charge in [-0.3, -0.25) is 4.98 Å². The molecule has 4 nitrogen and oxygen atoms in total. The summed E-state index contributed by atoms with van der Waals surface area (Å²) in [5.74, 6) is 1.65. The van der Waals surface area contributed by atoms with Gasteiger partial charge in [0.15, 0.2) is 0 Å². The molecule has 1 aliphatic heterocycles. The maximum Gasteiger partial charge on any atom is 0.245 e. The Morgan fingerprint density at radius 2 is 2.12 bits per heavy atom. The second-order valence-corrected chi connectivity index (χ2v) is 3.85. The normalized spacial score (nSPS) is 15.5. The molecule has 0 radical (unpaired) electrons. The van der Waals surface area contributed by atoms with Crippen molar-refractivity contribution >= 4 is 0 Å². The number of pyridine rings is 1. The fourth-order valence-corrected chi connectivity index (χ4v) is 1.91. The van der Waals surface area contributed by atoms with Gasteiger partial charge in [-0.25, -0.2) is 4.98 Å². The lowest BCUT2D eigenvalue weighted by molar-refractivity contribution is 0.511. The van der Waals surface area contributed by atoms with Gasteiger partial charge in [-0.15, -0.1) is 0 Å². The van der Waals surface area contributed by atoms with Crippen LogP contribution in [0.15, 0.2) is 28.8 Å². The number of nitrogens with zero attached hydrogens (tertiary/aromatic N) is 2. The van der Waals surface area contributed by atoms with Crippen LogP contribution in [0.25, 0.3) is 11.6 Å². The summed E-state index contributed by atoms with van der Waals surface area (Å²) in [5, 5.41) is 3.32. The molecule has 0 atom stereocenters. The molecule has 0 fully saturated rings. The van der Waals surface area contributed by atoms with E-state index in [0.717, 1.165) is 43.1 Å². The molecule has 0 amide bonds. The predicted octanol–water partition coefficient (Wildman–Crippen LogP) is 1.42. The highest BCUT2D eigenvalue weighted by Gasteiger charge is 2.16. The molecule has 82 valence electrons. The van der Waals surface area contributed by atoms with Crippen LogP contribution in [-0.2, 0) is 12.8 Å². The van der Waals surface area contributed by atoms with Crippen LogP contribution in [0.5, 0.6) is 0 Å². The van der Waals surface area contributed by atoms with Crippen LogP contribution in [0.1, 0.15) is 11.5 Å². The summed E-state index contributed by atoms with van der Waals surface area (Å²) in [6, 6.07) is 5.75. The van der Waals surface area contributed by atoms with E-state index < -0.39 is 0 Å². The molecule has 2 aromatic rings. The third-order valence-electron chi connectivity index (χ3n) is 2.73. The molecule has 0 aliphatic carbocycles.